The topological polar surface area (TPSA) is 138 Å². The lowest BCUT2D eigenvalue weighted by molar-refractivity contribution is -0.139. The first-order chi connectivity index (χ1) is 8.18. The summed E-state index contributed by atoms with van der Waals surface area (Å²) in [6.07, 6.45) is -0.308. The Labute approximate surface area is 105 Å². The minimum absolute atomic E-state index is 0.0386. The van der Waals surface area contributed by atoms with Crippen molar-refractivity contribution in [2.75, 3.05) is 18.1 Å². The van der Waals surface area contributed by atoms with Crippen LogP contribution in [0.4, 0.5) is 0 Å². The molecule has 106 valence electrons. The van der Waals surface area contributed by atoms with Crippen molar-refractivity contribution in [2.45, 2.75) is 24.1 Å². The van der Waals surface area contributed by atoms with E-state index in [2.05, 4.69) is 0 Å². The Balaban J connectivity index is 2.78. The molecule has 1 aliphatic heterocycles. The number of rotatable bonds is 6. The zero-order valence-corrected chi connectivity index (χ0v) is 11.1. The standard InChI is InChI=1S/C8H15NO7S2/c10-3-1-7(8(11)12)9-18(15,16)6-2-4-17(13,14)5-6/h6-7,9-10H,1-5H2,(H,11,12)/t6?,7-/m0/s1. The molecule has 0 aromatic rings. The van der Waals surface area contributed by atoms with Crippen LogP contribution in [-0.4, -0.2) is 62.4 Å². The van der Waals surface area contributed by atoms with Crippen molar-refractivity contribution in [1.82, 2.24) is 4.72 Å². The first-order valence-electron chi connectivity index (χ1n) is 5.23. The molecule has 0 bridgehead atoms. The van der Waals surface area contributed by atoms with E-state index in [0.717, 1.165) is 0 Å². The fourth-order valence-electron chi connectivity index (χ4n) is 1.66. The van der Waals surface area contributed by atoms with Crippen LogP contribution in [0.25, 0.3) is 0 Å². The highest BCUT2D eigenvalue weighted by atomic mass is 32.2. The minimum atomic E-state index is -4.02. The van der Waals surface area contributed by atoms with Gasteiger partial charge in [-0.3, -0.25) is 4.79 Å². The van der Waals surface area contributed by atoms with Gasteiger partial charge in [0.1, 0.15) is 6.04 Å². The summed E-state index contributed by atoms with van der Waals surface area (Å²) in [5, 5.41) is 16.3. The second kappa shape index (κ2) is 5.51. The van der Waals surface area contributed by atoms with Gasteiger partial charge in [0.2, 0.25) is 10.0 Å². The molecular weight excluding hydrogens is 286 g/mol. The molecule has 0 aliphatic carbocycles. The molecule has 10 heteroatoms. The van der Waals surface area contributed by atoms with E-state index in [0.29, 0.717) is 0 Å². The molecule has 3 N–H and O–H groups in total. The maximum absolute atomic E-state index is 11.8. The normalized spacial score (nSPS) is 24.8. The number of hydrogen-bond acceptors (Lipinski definition) is 6. The largest absolute Gasteiger partial charge is 0.480 e. The van der Waals surface area contributed by atoms with E-state index in [1.54, 1.807) is 0 Å². The lowest BCUT2D eigenvalue weighted by Gasteiger charge is -2.16. The van der Waals surface area contributed by atoms with Crippen LogP contribution in [-0.2, 0) is 24.7 Å². The number of sulfone groups is 1. The summed E-state index contributed by atoms with van der Waals surface area (Å²) < 4.78 is 47.9. The predicted octanol–water partition coefficient (Wildman–Crippen LogP) is -2.07. The second-order valence-electron chi connectivity index (χ2n) is 4.09. The molecule has 0 radical (unpaired) electrons. The Hall–Kier alpha value is -0.710. The number of nitrogens with one attached hydrogen (secondary N) is 1. The Morgan fingerprint density at radius 1 is 1.44 bits per heavy atom. The van der Waals surface area contributed by atoms with E-state index in [1.807, 2.05) is 4.72 Å². The van der Waals surface area contributed by atoms with Crippen LogP contribution < -0.4 is 4.72 Å². The van der Waals surface area contributed by atoms with E-state index in [-0.39, 0.29) is 18.6 Å². The van der Waals surface area contributed by atoms with E-state index in [1.165, 1.54) is 0 Å². The van der Waals surface area contributed by atoms with E-state index in [9.17, 15) is 21.6 Å². The average Bonchev–Trinajstić information content (AvgIpc) is 2.58. The maximum atomic E-state index is 11.8. The number of aliphatic carboxylic acids is 1. The van der Waals surface area contributed by atoms with Gasteiger partial charge in [0.15, 0.2) is 9.84 Å². The van der Waals surface area contributed by atoms with Gasteiger partial charge < -0.3 is 10.2 Å². The van der Waals surface area contributed by atoms with Gasteiger partial charge in [-0.2, -0.15) is 0 Å². The van der Waals surface area contributed by atoms with Gasteiger partial charge >= 0.3 is 5.97 Å². The molecule has 0 amide bonds. The molecule has 1 heterocycles. The minimum Gasteiger partial charge on any atom is -0.480 e. The smallest absolute Gasteiger partial charge is 0.321 e. The molecule has 0 aromatic heterocycles. The predicted molar refractivity (Wildman–Crippen MR) is 62.2 cm³/mol. The average molecular weight is 301 g/mol. The maximum Gasteiger partial charge on any atom is 0.321 e. The third-order valence-corrected chi connectivity index (χ3v) is 6.52. The first kappa shape index (κ1) is 15.3. The molecule has 0 spiro atoms. The van der Waals surface area contributed by atoms with Gasteiger partial charge in [-0.25, -0.2) is 21.6 Å². The summed E-state index contributed by atoms with van der Waals surface area (Å²) >= 11 is 0. The van der Waals surface area contributed by atoms with Crippen molar-refractivity contribution in [1.29, 1.82) is 0 Å². The van der Waals surface area contributed by atoms with E-state index < -0.39 is 49.5 Å². The van der Waals surface area contributed by atoms with Gasteiger partial charge in [-0.1, -0.05) is 0 Å². The number of carboxylic acids is 1. The Morgan fingerprint density at radius 3 is 2.44 bits per heavy atom. The van der Waals surface area contributed by atoms with Crippen LogP contribution in [0.1, 0.15) is 12.8 Å². The molecule has 2 atom stereocenters. The van der Waals surface area contributed by atoms with Crippen LogP contribution in [0.3, 0.4) is 0 Å². The van der Waals surface area contributed by atoms with Crippen molar-refractivity contribution in [3.05, 3.63) is 0 Å². The molecule has 1 rings (SSSR count). The monoisotopic (exact) mass is 301 g/mol. The Kier molecular flexibility index (Phi) is 4.70. The van der Waals surface area contributed by atoms with Gasteiger partial charge in [-0.15, -0.1) is 0 Å². The van der Waals surface area contributed by atoms with Gasteiger partial charge in [0.25, 0.3) is 0 Å². The molecule has 1 saturated heterocycles. The molecule has 8 nitrogen and oxygen atoms in total. The van der Waals surface area contributed by atoms with Gasteiger partial charge in [-0.05, 0) is 12.8 Å². The Morgan fingerprint density at radius 2 is 2.06 bits per heavy atom. The van der Waals surface area contributed by atoms with Crippen molar-refractivity contribution in [3.63, 3.8) is 0 Å². The molecule has 0 aromatic carbocycles. The fraction of sp³-hybridized carbons (Fsp3) is 0.875. The summed E-state index contributed by atoms with van der Waals surface area (Å²) in [6, 6.07) is -1.44. The second-order valence-corrected chi connectivity index (χ2v) is 8.31. The lowest BCUT2D eigenvalue weighted by Crippen LogP contribution is -2.45. The highest BCUT2D eigenvalue weighted by molar-refractivity contribution is 7.95. The lowest BCUT2D eigenvalue weighted by atomic mass is 10.2. The first-order valence-corrected chi connectivity index (χ1v) is 8.60. The van der Waals surface area contributed by atoms with Gasteiger partial charge in [0, 0.05) is 6.61 Å². The Bertz CT molecular complexity index is 510. The van der Waals surface area contributed by atoms with Crippen molar-refractivity contribution in [2.24, 2.45) is 0 Å². The van der Waals surface area contributed by atoms with Crippen LogP contribution in [0, 0.1) is 0 Å². The third kappa shape index (κ3) is 3.90. The SMILES string of the molecule is O=C(O)[C@H](CCO)NS(=O)(=O)C1CCS(=O)(=O)C1. The van der Waals surface area contributed by atoms with Crippen LogP contribution >= 0.6 is 0 Å². The molecule has 0 saturated carbocycles. The van der Waals surface area contributed by atoms with Crippen LogP contribution in [0.2, 0.25) is 0 Å². The third-order valence-electron chi connectivity index (χ3n) is 2.65. The van der Waals surface area contributed by atoms with Crippen LogP contribution in [0.15, 0.2) is 0 Å². The highest BCUT2D eigenvalue weighted by Crippen LogP contribution is 2.18. The summed E-state index contributed by atoms with van der Waals surface area (Å²) in [4.78, 5) is 10.8. The van der Waals surface area contributed by atoms with Crippen molar-refractivity contribution < 1.29 is 31.8 Å². The number of sulfonamides is 1. The number of hydrogen-bond donors (Lipinski definition) is 3. The fourth-order valence-corrected chi connectivity index (χ4v) is 5.93. The number of carbonyl (C=O) groups is 1. The van der Waals surface area contributed by atoms with Crippen LogP contribution in [0.5, 0.6) is 0 Å². The molecule has 1 fully saturated rings. The summed E-state index contributed by atoms with van der Waals surface area (Å²) in [5.41, 5.74) is 0. The van der Waals surface area contributed by atoms with Gasteiger partial charge in [0.05, 0.1) is 16.8 Å². The molecule has 1 aliphatic rings. The van der Waals surface area contributed by atoms with E-state index >= 15 is 0 Å². The molecule has 18 heavy (non-hydrogen) atoms. The number of aliphatic hydroxyl groups excluding tert-OH is 1. The zero-order chi connectivity index (χ0) is 14.0. The van der Waals surface area contributed by atoms with E-state index in [4.69, 9.17) is 10.2 Å². The van der Waals surface area contributed by atoms with Crippen molar-refractivity contribution in [3.8, 4) is 0 Å². The summed E-state index contributed by atoms with van der Waals surface area (Å²) in [5.74, 6) is -2.11. The quantitative estimate of drug-likeness (QED) is 0.512. The summed E-state index contributed by atoms with van der Waals surface area (Å²) in [7, 11) is -7.38. The number of aliphatic hydroxyl groups is 1. The number of carboxylic acid groups (broad SMARTS) is 1. The highest BCUT2D eigenvalue weighted by Gasteiger charge is 2.38. The molecule has 1 unspecified atom stereocenters. The zero-order valence-electron chi connectivity index (χ0n) is 9.44. The molecular formula is C8H15NO7S2. The summed E-state index contributed by atoms with van der Waals surface area (Å²) in [6.45, 7) is -0.484. The van der Waals surface area contributed by atoms with Crippen molar-refractivity contribution >= 4 is 25.8 Å².